The molecule has 0 fully saturated rings. The summed E-state index contributed by atoms with van der Waals surface area (Å²) in [6, 6.07) is 15.4. The highest BCUT2D eigenvalue weighted by atomic mass is 35.5. The first-order chi connectivity index (χ1) is 12.1. The van der Waals surface area contributed by atoms with Crippen LogP contribution in [0.4, 0.5) is 0 Å². The number of esters is 1. The Labute approximate surface area is 155 Å². The highest BCUT2D eigenvalue weighted by Gasteiger charge is 2.18. The van der Waals surface area contributed by atoms with Crippen molar-refractivity contribution in [1.29, 1.82) is 0 Å². The summed E-state index contributed by atoms with van der Waals surface area (Å²) < 4.78 is 6.66. The molecule has 5 nitrogen and oxygen atoms in total. The summed E-state index contributed by atoms with van der Waals surface area (Å²) in [6.07, 6.45) is 0. The summed E-state index contributed by atoms with van der Waals surface area (Å²) in [6.45, 7) is 2.02. The number of hydrogen-bond acceptors (Lipinski definition) is 5. The molecule has 0 spiro atoms. The standard InChI is InChI=1S/C18H16ClN3O2S/c1-12-5-3-4-6-15(12)22-17(13-7-9-14(19)10-8-13)20-21-18(22)25-11-16(23)24-2/h3-10H,11H2,1-2H3. The summed E-state index contributed by atoms with van der Waals surface area (Å²) in [7, 11) is 1.37. The summed E-state index contributed by atoms with van der Waals surface area (Å²) in [5.74, 6) is 0.553. The Morgan fingerprint density at radius 3 is 2.56 bits per heavy atom. The molecule has 0 aliphatic heterocycles. The van der Waals surface area contributed by atoms with Gasteiger partial charge in [0.1, 0.15) is 0 Å². The number of methoxy groups -OCH3 is 1. The van der Waals surface area contributed by atoms with E-state index in [1.54, 1.807) is 0 Å². The molecule has 0 atom stereocenters. The predicted molar refractivity (Wildman–Crippen MR) is 99.3 cm³/mol. The fourth-order valence-electron chi connectivity index (χ4n) is 2.36. The molecule has 0 radical (unpaired) electrons. The number of nitrogens with zero attached hydrogens (tertiary/aromatic N) is 3. The van der Waals surface area contributed by atoms with E-state index in [0.29, 0.717) is 16.0 Å². The number of benzene rings is 2. The molecule has 1 aromatic heterocycles. The molecule has 0 N–H and O–H groups in total. The molecule has 128 valence electrons. The van der Waals surface area contributed by atoms with Gasteiger partial charge in [0, 0.05) is 10.6 Å². The maximum atomic E-state index is 11.5. The van der Waals surface area contributed by atoms with Gasteiger partial charge in [0.25, 0.3) is 0 Å². The quantitative estimate of drug-likeness (QED) is 0.496. The third kappa shape index (κ3) is 3.86. The molecule has 0 unspecified atom stereocenters. The lowest BCUT2D eigenvalue weighted by molar-refractivity contribution is -0.137. The Bertz CT molecular complexity index is 894. The number of aromatic nitrogens is 3. The molecule has 0 aliphatic carbocycles. The Balaban J connectivity index is 2.09. The highest BCUT2D eigenvalue weighted by molar-refractivity contribution is 7.99. The molecule has 3 aromatic rings. The Hall–Kier alpha value is -2.31. The van der Waals surface area contributed by atoms with Gasteiger partial charge >= 0.3 is 5.97 Å². The van der Waals surface area contributed by atoms with Crippen LogP contribution >= 0.6 is 23.4 Å². The van der Waals surface area contributed by atoms with E-state index in [9.17, 15) is 4.79 Å². The Kier molecular flexibility index (Phi) is 5.40. The summed E-state index contributed by atoms with van der Waals surface area (Å²) in [5, 5.41) is 9.90. The van der Waals surface area contributed by atoms with Gasteiger partial charge in [-0.25, -0.2) is 0 Å². The van der Waals surface area contributed by atoms with Gasteiger partial charge < -0.3 is 4.74 Å². The number of halogens is 1. The van der Waals surface area contributed by atoms with Gasteiger partial charge in [-0.15, -0.1) is 10.2 Å². The molecule has 0 aliphatic rings. The summed E-state index contributed by atoms with van der Waals surface area (Å²) >= 11 is 7.28. The van der Waals surface area contributed by atoms with E-state index in [-0.39, 0.29) is 11.7 Å². The van der Waals surface area contributed by atoms with Crippen LogP contribution < -0.4 is 0 Å². The number of ether oxygens (including phenoxy) is 1. The third-order valence-corrected chi connectivity index (χ3v) is 4.79. The zero-order valence-electron chi connectivity index (χ0n) is 13.8. The van der Waals surface area contributed by atoms with Crippen molar-refractivity contribution in [3.8, 4) is 17.1 Å². The minimum atomic E-state index is -0.308. The number of carbonyl (C=O) groups excluding carboxylic acids is 1. The van der Waals surface area contributed by atoms with Crippen molar-refractivity contribution in [2.75, 3.05) is 12.9 Å². The SMILES string of the molecule is COC(=O)CSc1nnc(-c2ccc(Cl)cc2)n1-c1ccccc1C. The first-order valence-electron chi connectivity index (χ1n) is 7.57. The second-order valence-electron chi connectivity index (χ2n) is 5.30. The fraction of sp³-hybridized carbons (Fsp3) is 0.167. The predicted octanol–water partition coefficient (Wildman–Crippen LogP) is 4.16. The van der Waals surface area contributed by atoms with Crippen LogP contribution in [-0.4, -0.2) is 33.6 Å². The maximum absolute atomic E-state index is 11.5. The fourth-order valence-corrected chi connectivity index (χ4v) is 3.27. The number of rotatable bonds is 5. The van der Waals surface area contributed by atoms with Crippen LogP contribution in [0.1, 0.15) is 5.56 Å². The van der Waals surface area contributed by atoms with E-state index in [0.717, 1.165) is 16.8 Å². The Morgan fingerprint density at radius 1 is 1.16 bits per heavy atom. The van der Waals surface area contributed by atoms with Gasteiger partial charge in [-0.1, -0.05) is 41.6 Å². The van der Waals surface area contributed by atoms with E-state index in [1.165, 1.54) is 18.9 Å². The first kappa shape index (κ1) is 17.5. The molecule has 1 heterocycles. The normalized spacial score (nSPS) is 10.7. The Morgan fingerprint density at radius 2 is 1.88 bits per heavy atom. The minimum absolute atomic E-state index is 0.168. The highest BCUT2D eigenvalue weighted by Crippen LogP contribution is 2.30. The average Bonchev–Trinajstić information content (AvgIpc) is 3.04. The lowest BCUT2D eigenvalue weighted by Gasteiger charge is -2.12. The van der Waals surface area contributed by atoms with Crippen LogP contribution in [0.2, 0.25) is 5.02 Å². The van der Waals surface area contributed by atoms with Gasteiger partial charge in [-0.05, 0) is 42.8 Å². The van der Waals surface area contributed by atoms with Gasteiger partial charge in [0.2, 0.25) is 0 Å². The van der Waals surface area contributed by atoms with Gasteiger partial charge in [-0.2, -0.15) is 0 Å². The molecule has 25 heavy (non-hydrogen) atoms. The van der Waals surface area contributed by atoms with Gasteiger partial charge in [0.15, 0.2) is 11.0 Å². The molecular weight excluding hydrogens is 358 g/mol. The van der Waals surface area contributed by atoms with Crippen molar-refractivity contribution < 1.29 is 9.53 Å². The number of hydrogen-bond donors (Lipinski definition) is 0. The molecule has 0 bridgehead atoms. The van der Waals surface area contributed by atoms with Gasteiger partial charge in [-0.3, -0.25) is 9.36 Å². The first-order valence-corrected chi connectivity index (χ1v) is 8.93. The van der Waals surface area contributed by atoms with Crippen molar-refractivity contribution in [1.82, 2.24) is 14.8 Å². The largest absolute Gasteiger partial charge is 0.468 e. The monoisotopic (exact) mass is 373 g/mol. The van der Waals surface area contributed by atoms with Crippen molar-refractivity contribution >= 4 is 29.3 Å². The van der Waals surface area contributed by atoms with E-state index in [2.05, 4.69) is 10.2 Å². The number of para-hydroxylation sites is 1. The second kappa shape index (κ2) is 7.72. The molecule has 2 aromatic carbocycles. The average molecular weight is 374 g/mol. The topological polar surface area (TPSA) is 57.0 Å². The maximum Gasteiger partial charge on any atom is 0.316 e. The van der Waals surface area contributed by atoms with Crippen molar-refractivity contribution in [2.45, 2.75) is 12.1 Å². The summed E-state index contributed by atoms with van der Waals surface area (Å²) in [5.41, 5.74) is 2.94. The van der Waals surface area contributed by atoms with Crippen LogP contribution in [0.5, 0.6) is 0 Å². The zero-order chi connectivity index (χ0) is 17.8. The number of carbonyl (C=O) groups is 1. The summed E-state index contributed by atoms with van der Waals surface area (Å²) in [4.78, 5) is 11.5. The zero-order valence-corrected chi connectivity index (χ0v) is 15.3. The lowest BCUT2D eigenvalue weighted by atomic mass is 10.1. The molecule has 3 rings (SSSR count). The molecule has 0 amide bonds. The second-order valence-corrected chi connectivity index (χ2v) is 6.68. The van der Waals surface area contributed by atoms with Crippen LogP contribution in [0, 0.1) is 6.92 Å². The number of aryl methyl sites for hydroxylation is 1. The van der Waals surface area contributed by atoms with Crippen LogP contribution in [0.3, 0.4) is 0 Å². The van der Waals surface area contributed by atoms with E-state index < -0.39 is 0 Å². The minimum Gasteiger partial charge on any atom is -0.468 e. The third-order valence-electron chi connectivity index (χ3n) is 3.64. The molecule has 0 saturated carbocycles. The van der Waals surface area contributed by atoms with Crippen molar-refractivity contribution in [3.63, 3.8) is 0 Å². The van der Waals surface area contributed by atoms with E-state index >= 15 is 0 Å². The van der Waals surface area contributed by atoms with E-state index in [1.807, 2.05) is 60.0 Å². The van der Waals surface area contributed by atoms with Crippen LogP contribution in [-0.2, 0) is 9.53 Å². The van der Waals surface area contributed by atoms with Gasteiger partial charge in [0.05, 0.1) is 18.6 Å². The van der Waals surface area contributed by atoms with E-state index in [4.69, 9.17) is 16.3 Å². The number of thioether (sulfide) groups is 1. The molecular formula is C18H16ClN3O2S. The molecule has 7 heteroatoms. The van der Waals surface area contributed by atoms with Crippen LogP contribution in [0.25, 0.3) is 17.1 Å². The smallest absolute Gasteiger partial charge is 0.316 e. The molecule has 0 saturated heterocycles. The van der Waals surface area contributed by atoms with Crippen molar-refractivity contribution in [2.24, 2.45) is 0 Å². The van der Waals surface area contributed by atoms with Crippen molar-refractivity contribution in [3.05, 3.63) is 59.1 Å². The lowest BCUT2D eigenvalue weighted by Crippen LogP contribution is -2.06. The van der Waals surface area contributed by atoms with Crippen LogP contribution in [0.15, 0.2) is 53.7 Å².